The van der Waals surface area contributed by atoms with E-state index in [2.05, 4.69) is 25.0 Å². The third-order valence-electron chi connectivity index (χ3n) is 4.22. The van der Waals surface area contributed by atoms with Crippen molar-refractivity contribution in [2.75, 3.05) is 0 Å². The van der Waals surface area contributed by atoms with E-state index in [9.17, 15) is 0 Å². The molecule has 0 N–H and O–H groups in total. The first-order chi connectivity index (χ1) is 12.4. The summed E-state index contributed by atoms with van der Waals surface area (Å²) in [5, 5.41) is 5.62. The van der Waals surface area contributed by atoms with Gasteiger partial charge in [-0.2, -0.15) is 5.10 Å². The number of fused-ring (bicyclic) bond motifs is 4. The first-order valence-electron chi connectivity index (χ1n) is 8.16. The largest absolute Gasteiger partial charge is 0.253 e. The Labute approximate surface area is 143 Å². The van der Waals surface area contributed by atoms with Gasteiger partial charge in [0.15, 0.2) is 11.5 Å². The van der Waals surface area contributed by atoms with Gasteiger partial charge >= 0.3 is 0 Å². The standard InChI is InChI=1S/C19H14N6/c1-2-6-16-15(5-1)21-12-14(22-16)7-8-17-23-19-18-13(4-3-10-20-18)9-11-25(19)24-17/h1-6,9-12H,7-8H2. The molecule has 0 aliphatic carbocycles. The van der Waals surface area contributed by atoms with E-state index in [1.54, 1.807) is 10.7 Å². The summed E-state index contributed by atoms with van der Waals surface area (Å²) in [7, 11) is 0. The highest BCUT2D eigenvalue weighted by molar-refractivity contribution is 5.89. The highest BCUT2D eigenvalue weighted by Gasteiger charge is 2.09. The fraction of sp³-hybridized carbons (Fsp3) is 0.105. The molecule has 0 spiro atoms. The van der Waals surface area contributed by atoms with Gasteiger partial charge in [0.1, 0.15) is 5.52 Å². The molecule has 0 saturated carbocycles. The second-order valence-electron chi connectivity index (χ2n) is 5.90. The Morgan fingerprint density at radius 3 is 2.72 bits per heavy atom. The van der Waals surface area contributed by atoms with Gasteiger partial charge in [0, 0.05) is 30.4 Å². The monoisotopic (exact) mass is 326 g/mol. The Hall–Kier alpha value is -3.41. The minimum absolute atomic E-state index is 0.711. The summed E-state index contributed by atoms with van der Waals surface area (Å²) in [5.74, 6) is 0.785. The van der Waals surface area contributed by atoms with Crippen LogP contribution in [-0.4, -0.2) is 29.5 Å². The van der Waals surface area contributed by atoms with Crippen LogP contribution < -0.4 is 0 Å². The number of benzene rings is 1. The molecule has 0 radical (unpaired) electrons. The third-order valence-corrected chi connectivity index (χ3v) is 4.22. The van der Waals surface area contributed by atoms with Crippen LogP contribution in [0.4, 0.5) is 0 Å². The summed E-state index contributed by atoms with van der Waals surface area (Å²) < 4.78 is 1.79. The Morgan fingerprint density at radius 2 is 1.76 bits per heavy atom. The molecule has 0 atom stereocenters. The number of pyridine rings is 2. The van der Waals surface area contributed by atoms with E-state index >= 15 is 0 Å². The molecule has 25 heavy (non-hydrogen) atoms. The van der Waals surface area contributed by atoms with Crippen molar-refractivity contribution in [3.05, 3.63) is 72.6 Å². The molecular weight excluding hydrogens is 312 g/mol. The number of nitrogens with zero attached hydrogens (tertiary/aromatic N) is 6. The summed E-state index contributed by atoms with van der Waals surface area (Å²) in [5.41, 5.74) is 4.43. The molecule has 4 heterocycles. The zero-order valence-electron chi connectivity index (χ0n) is 13.4. The van der Waals surface area contributed by atoms with Crippen molar-refractivity contribution in [2.45, 2.75) is 12.8 Å². The molecule has 5 aromatic rings. The van der Waals surface area contributed by atoms with Gasteiger partial charge in [-0.3, -0.25) is 9.97 Å². The highest BCUT2D eigenvalue weighted by atomic mass is 15.3. The van der Waals surface area contributed by atoms with E-state index in [-0.39, 0.29) is 0 Å². The van der Waals surface area contributed by atoms with Gasteiger partial charge in [0.2, 0.25) is 0 Å². The molecule has 120 valence electrons. The lowest BCUT2D eigenvalue weighted by molar-refractivity contribution is 0.820. The maximum Gasteiger partial charge on any atom is 0.181 e. The van der Waals surface area contributed by atoms with Gasteiger partial charge in [-0.05, 0) is 30.7 Å². The van der Waals surface area contributed by atoms with Crippen molar-refractivity contribution < 1.29 is 0 Å². The fourth-order valence-electron chi connectivity index (χ4n) is 2.98. The summed E-state index contributed by atoms with van der Waals surface area (Å²) >= 11 is 0. The fourth-order valence-corrected chi connectivity index (χ4v) is 2.98. The van der Waals surface area contributed by atoms with Gasteiger partial charge in [-0.15, -0.1) is 0 Å². The lowest BCUT2D eigenvalue weighted by Crippen LogP contribution is -1.98. The van der Waals surface area contributed by atoms with Gasteiger partial charge < -0.3 is 0 Å². The van der Waals surface area contributed by atoms with Gasteiger partial charge in [0.05, 0.1) is 16.7 Å². The molecule has 0 saturated heterocycles. The molecule has 0 amide bonds. The Morgan fingerprint density at radius 1 is 0.840 bits per heavy atom. The lowest BCUT2D eigenvalue weighted by Gasteiger charge is -2.00. The molecular formula is C19H14N6. The average Bonchev–Trinajstić information content (AvgIpc) is 3.10. The maximum absolute atomic E-state index is 4.66. The smallest absolute Gasteiger partial charge is 0.181 e. The second kappa shape index (κ2) is 5.59. The molecule has 5 rings (SSSR count). The first-order valence-corrected chi connectivity index (χ1v) is 8.16. The van der Waals surface area contributed by atoms with Gasteiger partial charge in [-0.25, -0.2) is 14.5 Å². The van der Waals surface area contributed by atoms with E-state index < -0.39 is 0 Å². The van der Waals surface area contributed by atoms with Crippen LogP contribution in [-0.2, 0) is 12.8 Å². The van der Waals surface area contributed by atoms with Crippen LogP contribution in [0.5, 0.6) is 0 Å². The van der Waals surface area contributed by atoms with Crippen LogP contribution in [0.3, 0.4) is 0 Å². The number of aryl methyl sites for hydroxylation is 2. The maximum atomic E-state index is 4.66. The average molecular weight is 326 g/mol. The van der Waals surface area contributed by atoms with Crippen LogP contribution in [0.1, 0.15) is 11.5 Å². The molecule has 4 aromatic heterocycles. The normalized spacial score (nSPS) is 11.5. The predicted octanol–water partition coefficient (Wildman–Crippen LogP) is 3.01. The number of para-hydroxylation sites is 2. The molecule has 6 heteroatoms. The zero-order valence-corrected chi connectivity index (χ0v) is 13.4. The Kier molecular flexibility index (Phi) is 3.13. The molecule has 0 bridgehead atoms. The van der Waals surface area contributed by atoms with Crippen molar-refractivity contribution >= 4 is 27.6 Å². The highest BCUT2D eigenvalue weighted by Crippen LogP contribution is 2.16. The molecule has 0 unspecified atom stereocenters. The number of rotatable bonds is 3. The van der Waals surface area contributed by atoms with E-state index in [1.165, 1.54) is 0 Å². The topological polar surface area (TPSA) is 68.9 Å². The molecule has 0 aliphatic heterocycles. The molecule has 0 fully saturated rings. The van der Waals surface area contributed by atoms with Crippen molar-refractivity contribution in [3.8, 4) is 0 Å². The van der Waals surface area contributed by atoms with Crippen molar-refractivity contribution in [1.29, 1.82) is 0 Å². The predicted molar refractivity (Wildman–Crippen MR) is 95.2 cm³/mol. The minimum Gasteiger partial charge on any atom is -0.253 e. The molecule has 0 aliphatic rings. The Bertz CT molecular complexity index is 1210. The third kappa shape index (κ3) is 2.48. The van der Waals surface area contributed by atoms with Crippen molar-refractivity contribution in [3.63, 3.8) is 0 Å². The summed E-state index contributed by atoms with van der Waals surface area (Å²) in [6, 6.07) is 13.8. The van der Waals surface area contributed by atoms with Crippen LogP contribution in [0.15, 0.2) is 61.1 Å². The SMILES string of the molecule is c1cnc2c(c1)ccn1nc(CCc3cnc4ccccc4n3)nc21. The van der Waals surface area contributed by atoms with Crippen molar-refractivity contribution in [1.82, 2.24) is 29.5 Å². The Balaban J connectivity index is 1.46. The van der Waals surface area contributed by atoms with E-state index in [0.29, 0.717) is 6.42 Å². The first kappa shape index (κ1) is 14.0. The van der Waals surface area contributed by atoms with E-state index in [0.717, 1.165) is 45.5 Å². The molecule has 1 aromatic carbocycles. The minimum atomic E-state index is 0.711. The van der Waals surface area contributed by atoms with Gasteiger partial charge in [0.25, 0.3) is 0 Å². The number of hydrogen-bond donors (Lipinski definition) is 0. The molecule has 6 nitrogen and oxygen atoms in total. The van der Waals surface area contributed by atoms with Crippen LogP contribution in [0.25, 0.3) is 27.6 Å². The summed E-state index contributed by atoms with van der Waals surface area (Å²) in [6.45, 7) is 0. The van der Waals surface area contributed by atoms with E-state index in [1.807, 2.05) is 54.9 Å². The lowest BCUT2D eigenvalue weighted by atomic mass is 10.2. The van der Waals surface area contributed by atoms with Crippen LogP contribution >= 0.6 is 0 Å². The van der Waals surface area contributed by atoms with Gasteiger partial charge in [-0.1, -0.05) is 18.2 Å². The summed E-state index contributed by atoms with van der Waals surface area (Å²) in [6.07, 6.45) is 6.99. The zero-order chi connectivity index (χ0) is 16.6. The second-order valence-corrected chi connectivity index (χ2v) is 5.90. The van der Waals surface area contributed by atoms with Crippen LogP contribution in [0, 0.1) is 0 Å². The quantitative estimate of drug-likeness (QED) is 0.510. The van der Waals surface area contributed by atoms with Crippen molar-refractivity contribution in [2.24, 2.45) is 0 Å². The summed E-state index contributed by atoms with van der Waals surface area (Å²) in [4.78, 5) is 18.2. The number of aromatic nitrogens is 6. The van der Waals surface area contributed by atoms with Crippen LogP contribution in [0.2, 0.25) is 0 Å². The number of hydrogen-bond acceptors (Lipinski definition) is 5. The van der Waals surface area contributed by atoms with E-state index in [4.69, 9.17) is 0 Å².